The van der Waals surface area contributed by atoms with Crippen molar-refractivity contribution in [2.75, 3.05) is 39.4 Å². The van der Waals surface area contributed by atoms with Crippen molar-refractivity contribution in [2.45, 2.75) is 25.1 Å². The molecule has 0 aromatic carbocycles. The molecule has 17 heavy (non-hydrogen) atoms. The Balaban J connectivity index is 3.41. The zero-order valence-corrected chi connectivity index (χ0v) is 10.6. The quantitative estimate of drug-likeness (QED) is 0.490. The number of nitrogens with one attached hydrogen (secondary N) is 1. The summed E-state index contributed by atoms with van der Waals surface area (Å²) < 4.78 is 44.6. The summed E-state index contributed by atoms with van der Waals surface area (Å²) in [6.07, 6.45) is -2.96. The number of rotatable bonds is 10. The van der Waals surface area contributed by atoms with Crippen molar-refractivity contribution >= 4 is 11.6 Å². The number of alkyl halides is 4. The predicted octanol–water partition coefficient (Wildman–Crippen LogP) is 2.19. The van der Waals surface area contributed by atoms with Crippen LogP contribution in [0.3, 0.4) is 0 Å². The first-order chi connectivity index (χ1) is 7.99. The van der Waals surface area contributed by atoms with Crippen LogP contribution in [0.15, 0.2) is 0 Å². The Morgan fingerprint density at radius 1 is 1.35 bits per heavy atom. The normalized spacial score (nSPS) is 13.9. The van der Waals surface area contributed by atoms with Gasteiger partial charge >= 0.3 is 6.18 Å². The maximum absolute atomic E-state index is 11.7. The van der Waals surface area contributed by atoms with Gasteiger partial charge in [0.2, 0.25) is 0 Å². The van der Waals surface area contributed by atoms with Crippen LogP contribution >= 0.6 is 11.6 Å². The first-order valence-corrected chi connectivity index (χ1v) is 5.96. The van der Waals surface area contributed by atoms with Gasteiger partial charge in [-0.05, 0) is 19.4 Å². The van der Waals surface area contributed by atoms with Crippen molar-refractivity contribution in [3.8, 4) is 0 Å². The third kappa shape index (κ3) is 12.2. The topological polar surface area (TPSA) is 30.5 Å². The van der Waals surface area contributed by atoms with Gasteiger partial charge in [0.1, 0.15) is 6.61 Å². The van der Waals surface area contributed by atoms with Crippen LogP contribution in [0.2, 0.25) is 0 Å². The molecule has 0 aliphatic heterocycles. The second kappa shape index (κ2) is 9.94. The van der Waals surface area contributed by atoms with Crippen LogP contribution in [0, 0.1) is 0 Å². The van der Waals surface area contributed by atoms with E-state index in [4.69, 9.17) is 16.3 Å². The van der Waals surface area contributed by atoms with Crippen molar-refractivity contribution in [2.24, 2.45) is 0 Å². The summed E-state index contributed by atoms with van der Waals surface area (Å²) >= 11 is 5.60. The first-order valence-electron chi connectivity index (χ1n) is 5.42. The van der Waals surface area contributed by atoms with E-state index in [9.17, 15) is 13.2 Å². The Morgan fingerprint density at radius 3 is 2.59 bits per heavy atom. The molecule has 0 spiro atoms. The molecule has 1 atom stereocenters. The molecule has 0 radical (unpaired) electrons. The molecule has 0 rings (SSSR count). The molecule has 0 aliphatic rings. The van der Waals surface area contributed by atoms with Gasteiger partial charge in [-0.1, -0.05) is 0 Å². The number of hydrogen-bond acceptors (Lipinski definition) is 3. The molecule has 7 heteroatoms. The van der Waals surface area contributed by atoms with Gasteiger partial charge in [0.15, 0.2) is 0 Å². The molecule has 0 heterocycles. The Labute approximate surface area is 105 Å². The first kappa shape index (κ1) is 17.0. The van der Waals surface area contributed by atoms with Crippen molar-refractivity contribution in [3.05, 3.63) is 0 Å². The van der Waals surface area contributed by atoms with Crippen LogP contribution in [-0.2, 0) is 9.47 Å². The fraction of sp³-hybridized carbons (Fsp3) is 1.00. The van der Waals surface area contributed by atoms with Crippen LogP contribution in [0.25, 0.3) is 0 Å². The number of methoxy groups -OCH3 is 1. The Morgan fingerprint density at radius 2 is 2.06 bits per heavy atom. The minimum Gasteiger partial charge on any atom is -0.383 e. The average Bonchev–Trinajstić information content (AvgIpc) is 2.22. The molecule has 1 N–H and O–H groups in total. The minimum absolute atomic E-state index is 0.0904. The van der Waals surface area contributed by atoms with E-state index in [0.717, 1.165) is 6.42 Å². The third-order valence-electron chi connectivity index (χ3n) is 1.99. The zero-order valence-electron chi connectivity index (χ0n) is 9.86. The second-order valence-electron chi connectivity index (χ2n) is 3.61. The van der Waals surface area contributed by atoms with Crippen LogP contribution < -0.4 is 5.32 Å². The van der Waals surface area contributed by atoms with E-state index in [2.05, 4.69) is 10.1 Å². The summed E-state index contributed by atoms with van der Waals surface area (Å²) in [5.41, 5.74) is 0. The van der Waals surface area contributed by atoms with Crippen molar-refractivity contribution in [3.63, 3.8) is 0 Å². The lowest BCUT2D eigenvalue weighted by Crippen LogP contribution is -2.34. The van der Waals surface area contributed by atoms with Crippen molar-refractivity contribution in [1.29, 1.82) is 0 Å². The van der Waals surface area contributed by atoms with E-state index in [0.29, 0.717) is 25.5 Å². The van der Waals surface area contributed by atoms with Gasteiger partial charge in [-0.25, -0.2) is 0 Å². The number of hydrogen-bond donors (Lipinski definition) is 1. The van der Waals surface area contributed by atoms with Gasteiger partial charge in [-0.3, -0.25) is 0 Å². The van der Waals surface area contributed by atoms with Crippen LogP contribution in [0.4, 0.5) is 13.2 Å². The molecule has 3 nitrogen and oxygen atoms in total. The molecule has 1 unspecified atom stereocenters. The van der Waals surface area contributed by atoms with Gasteiger partial charge < -0.3 is 14.8 Å². The molecule has 104 valence electrons. The van der Waals surface area contributed by atoms with Crippen molar-refractivity contribution in [1.82, 2.24) is 5.32 Å². The largest absolute Gasteiger partial charge is 0.411 e. The monoisotopic (exact) mass is 277 g/mol. The third-order valence-corrected chi connectivity index (χ3v) is 2.21. The predicted molar refractivity (Wildman–Crippen MR) is 60.5 cm³/mol. The highest BCUT2D eigenvalue weighted by atomic mass is 35.5. The van der Waals surface area contributed by atoms with Gasteiger partial charge in [0.25, 0.3) is 0 Å². The highest BCUT2D eigenvalue weighted by Crippen LogP contribution is 2.14. The molecule has 0 aromatic rings. The molecule has 0 bridgehead atoms. The number of ether oxygens (including phenoxy) is 2. The summed E-state index contributed by atoms with van der Waals surface area (Å²) in [5.74, 6) is 0.519. The Kier molecular flexibility index (Phi) is 9.91. The Hall–Kier alpha value is -0.0400. The van der Waals surface area contributed by atoms with Gasteiger partial charge in [0.05, 0.1) is 6.61 Å². The lowest BCUT2D eigenvalue weighted by molar-refractivity contribution is -0.173. The SMILES string of the molecule is COCC(CCCl)NCCCOCC(F)(F)F. The van der Waals surface area contributed by atoms with E-state index in [1.807, 2.05) is 0 Å². The molecular weight excluding hydrogens is 259 g/mol. The molecule has 0 fully saturated rings. The number of halogens is 4. The van der Waals surface area contributed by atoms with E-state index in [1.165, 1.54) is 0 Å². The lowest BCUT2D eigenvalue weighted by Gasteiger charge is -2.16. The average molecular weight is 278 g/mol. The standard InChI is InChI=1S/C10H19ClF3NO2/c1-16-7-9(3-4-11)15-5-2-6-17-8-10(12,13)14/h9,15H,2-8H2,1H3. The lowest BCUT2D eigenvalue weighted by atomic mass is 10.2. The highest BCUT2D eigenvalue weighted by Gasteiger charge is 2.27. The summed E-state index contributed by atoms with van der Waals surface area (Å²) in [5, 5.41) is 3.15. The minimum atomic E-state index is -4.25. The van der Waals surface area contributed by atoms with Gasteiger partial charge in [0, 0.05) is 25.6 Å². The Bertz CT molecular complexity index is 175. The van der Waals surface area contributed by atoms with E-state index >= 15 is 0 Å². The summed E-state index contributed by atoms with van der Waals surface area (Å²) in [4.78, 5) is 0. The van der Waals surface area contributed by atoms with Crippen LogP contribution in [0.5, 0.6) is 0 Å². The molecular formula is C10H19ClF3NO2. The molecule has 0 aliphatic carbocycles. The summed E-state index contributed by atoms with van der Waals surface area (Å²) in [6, 6.07) is 0.139. The van der Waals surface area contributed by atoms with E-state index < -0.39 is 12.8 Å². The zero-order chi connectivity index (χ0) is 13.1. The van der Waals surface area contributed by atoms with Crippen LogP contribution in [0.1, 0.15) is 12.8 Å². The maximum Gasteiger partial charge on any atom is 0.411 e. The van der Waals surface area contributed by atoms with Gasteiger partial charge in [-0.15, -0.1) is 11.6 Å². The highest BCUT2D eigenvalue weighted by molar-refractivity contribution is 6.17. The van der Waals surface area contributed by atoms with E-state index in [-0.39, 0.29) is 12.6 Å². The van der Waals surface area contributed by atoms with Crippen LogP contribution in [-0.4, -0.2) is 51.6 Å². The summed E-state index contributed by atoms with van der Waals surface area (Å²) in [6.45, 7) is 0.0299. The second-order valence-corrected chi connectivity index (χ2v) is 3.98. The van der Waals surface area contributed by atoms with Crippen molar-refractivity contribution < 1.29 is 22.6 Å². The molecule has 0 aromatic heterocycles. The maximum atomic E-state index is 11.7. The van der Waals surface area contributed by atoms with Gasteiger partial charge in [-0.2, -0.15) is 13.2 Å². The fourth-order valence-corrected chi connectivity index (χ4v) is 1.51. The molecule has 0 saturated heterocycles. The fourth-order valence-electron chi connectivity index (χ4n) is 1.25. The molecule has 0 amide bonds. The van der Waals surface area contributed by atoms with E-state index in [1.54, 1.807) is 7.11 Å². The summed E-state index contributed by atoms with van der Waals surface area (Å²) in [7, 11) is 1.59. The molecule has 0 saturated carbocycles. The smallest absolute Gasteiger partial charge is 0.383 e.